The molecule has 3 heterocycles. The zero-order valence-electron chi connectivity index (χ0n) is 19.1. The fraction of sp³-hybridized carbons (Fsp3) is 0.259. The van der Waals surface area contributed by atoms with E-state index in [0.717, 1.165) is 56.5 Å². The van der Waals surface area contributed by atoms with E-state index in [1.54, 1.807) is 12.1 Å². The second-order valence-electron chi connectivity index (χ2n) is 8.74. The van der Waals surface area contributed by atoms with Crippen molar-refractivity contribution in [3.63, 3.8) is 0 Å². The van der Waals surface area contributed by atoms with Crippen LogP contribution >= 0.6 is 0 Å². The number of nitrogens with zero attached hydrogens (tertiary/aromatic N) is 1. The van der Waals surface area contributed by atoms with E-state index in [0.29, 0.717) is 12.1 Å². The number of aryl methyl sites for hydroxylation is 1. The van der Waals surface area contributed by atoms with Gasteiger partial charge in [-0.3, -0.25) is 0 Å². The van der Waals surface area contributed by atoms with Gasteiger partial charge in [-0.1, -0.05) is 0 Å². The summed E-state index contributed by atoms with van der Waals surface area (Å²) in [5, 5.41) is 15.5. The molecule has 0 unspecified atom stereocenters. The number of hydrogen-bond acceptors (Lipinski definition) is 4. The van der Waals surface area contributed by atoms with E-state index in [2.05, 4.69) is 15.5 Å². The van der Waals surface area contributed by atoms with Gasteiger partial charge in [-0.2, -0.15) is 0 Å². The van der Waals surface area contributed by atoms with E-state index >= 15 is 0 Å². The van der Waals surface area contributed by atoms with Gasteiger partial charge in [0.05, 0.1) is 0 Å². The molecule has 6 nitrogen and oxygen atoms in total. The summed E-state index contributed by atoms with van der Waals surface area (Å²) in [5.74, 6) is 0.0659. The number of rotatable bonds is 6. The average molecular weight is 520 g/mol. The quantitative estimate of drug-likeness (QED) is 0.342. The monoisotopic (exact) mass is 521 g/mol. The van der Waals surface area contributed by atoms with Crippen LogP contribution in [0.15, 0.2) is 48.5 Å². The van der Waals surface area contributed by atoms with Gasteiger partial charge in [0.15, 0.2) is 0 Å². The Morgan fingerprint density at radius 3 is 2.62 bits per heavy atom. The summed E-state index contributed by atoms with van der Waals surface area (Å²) in [6, 6.07) is 14.8. The van der Waals surface area contributed by atoms with Gasteiger partial charge in [0.2, 0.25) is 0 Å². The third-order valence-corrected chi connectivity index (χ3v) is 8.48. The minimum absolute atomic E-state index is 0.0175. The molecule has 2 aliphatic rings. The summed E-state index contributed by atoms with van der Waals surface area (Å²) in [6.45, 7) is 5.81. The van der Waals surface area contributed by atoms with Crippen molar-refractivity contribution in [1.29, 1.82) is 0 Å². The van der Waals surface area contributed by atoms with Crippen LogP contribution in [0.3, 0.4) is 0 Å². The van der Waals surface area contributed by atoms with Gasteiger partial charge in [0.25, 0.3) is 0 Å². The number of anilines is 1. The SMILES string of the molecule is Cc1[se]c(C=C2C(=O)Nc3cc(-c4ccc(O)cc4)ccc32)cc1C(=O)NCCN1CCCC1. The third kappa shape index (κ3) is 4.73. The molecule has 1 aromatic heterocycles. The summed E-state index contributed by atoms with van der Waals surface area (Å²) in [6.07, 6.45) is 4.42. The predicted molar refractivity (Wildman–Crippen MR) is 136 cm³/mol. The standard InChI is InChI=1S/C27H27N3O3Se/c1-17-23(26(32)28-10-13-30-11-2-3-12-30)15-21(34-17)16-24-22-9-6-19(14-25(22)29-27(24)33)18-4-7-20(31)8-5-18/h4-9,14-16,31H,2-3,10-13H2,1H3,(H,28,32)(H,29,33). The molecule has 174 valence electrons. The van der Waals surface area contributed by atoms with Crippen LogP contribution in [0.5, 0.6) is 5.75 Å². The van der Waals surface area contributed by atoms with Crippen molar-refractivity contribution in [3.8, 4) is 16.9 Å². The van der Waals surface area contributed by atoms with Crippen LogP contribution in [0.25, 0.3) is 22.8 Å². The van der Waals surface area contributed by atoms with E-state index in [9.17, 15) is 14.7 Å². The second-order valence-corrected chi connectivity index (χ2v) is 11.4. The normalized spacial score (nSPS) is 16.6. The summed E-state index contributed by atoms with van der Waals surface area (Å²) in [7, 11) is 0. The molecule has 1 saturated heterocycles. The summed E-state index contributed by atoms with van der Waals surface area (Å²) in [4.78, 5) is 27.9. The zero-order valence-corrected chi connectivity index (χ0v) is 20.8. The molecule has 2 aromatic carbocycles. The molecule has 3 N–H and O–H groups in total. The molecule has 1 fully saturated rings. The Hall–Kier alpha value is -3.12. The fourth-order valence-corrected chi connectivity index (χ4v) is 6.58. The topological polar surface area (TPSA) is 81.7 Å². The Kier molecular flexibility index (Phi) is 6.42. The van der Waals surface area contributed by atoms with Crippen LogP contribution in [-0.4, -0.2) is 62.5 Å². The van der Waals surface area contributed by atoms with E-state index < -0.39 is 0 Å². The van der Waals surface area contributed by atoms with Crippen molar-refractivity contribution in [3.05, 3.63) is 68.5 Å². The number of phenolic OH excluding ortho intramolecular Hbond substituents is 1. The first kappa shape index (κ1) is 22.7. The molecule has 0 aliphatic carbocycles. The van der Waals surface area contributed by atoms with E-state index in [1.807, 2.05) is 49.4 Å². The third-order valence-electron chi connectivity index (χ3n) is 6.38. The Morgan fingerprint density at radius 2 is 1.85 bits per heavy atom. The molecule has 0 atom stereocenters. The number of nitrogens with one attached hydrogen (secondary N) is 2. The van der Waals surface area contributed by atoms with Gasteiger partial charge < -0.3 is 0 Å². The predicted octanol–water partition coefficient (Wildman–Crippen LogP) is 3.74. The Morgan fingerprint density at radius 1 is 1.12 bits per heavy atom. The van der Waals surface area contributed by atoms with Crippen molar-refractivity contribution in [2.24, 2.45) is 0 Å². The van der Waals surface area contributed by atoms with E-state index in [-0.39, 0.29) is 32.1 Å². The van der Waals surface area contributed by atoms with Crippen LogP contribution in [0.1, 0.15) is 37.6 Å². The molecule has 7 heteroatoms. The van der Waals surface area contributed by atoms with Crippen LogP contribution in [0.4, 0.5) is 5.69 Å². The van der Waals surface area contributed by atoms with Crippen molar-refractivity contribution >= 4 is 43.7 Å². The fourth-order valence-electron chi connectivity index (χ4n) is 4.54. The van der Waals surface area contributed by atoms with Crippen molar-refractivity contribution < 1.29 is 14.7 Å². The number of likely N-dealkylation sites (tertiary alicyclic amines) is 1. The molecule has 0 saturated carbocycles. The number of phenols is 1. The van der Waals surface area contributed by atoms with Crippen molar-refractivity contribution in [2.75, 3.05) is 31.5 Å². The van der Waals surface area contributed by atoms with Gasteiger partial charge in [-0.05, 0) is 0 Å². The summed E-state index contributed by atoms with van der Waals surface area (Å²) in [5.41, 5.74) is 4.94. The van der Waals surface area contributed by atoms with Gasteiger partial charge in [-0.25, -0.2) is 0 Å². The Labute approximate surface area is 205 Å². The molecule has 0 radical (unpaired) electrons. The van der Waals surface area contributed by atoms with Gasteiger partial charge in [0, 0.05) is 0 Å². The minimum atomic E-state index is -0.129. The number of carbonyl (C=O) groups excluding carboxylic acids is 2. The molecular formula is C27H27N3O3Se. The molecule has 5 rings (SSSR count). The van der Waals surface area contributed by atoms with Crippen LogP contribution in [0, 0.1) is 6.92 Å². The molecule has 2 aliphatic heterocycles. The van der Waals surface area contributed by atoms with Gasteiger partial charge >= 0.3 is 205 Å². The molecule has 0 bridgehead atoms. The number of benzene rings is 2. The first-order chi connectivity index (χ1) is 16.5. The Balaban J connectivity index is 1.32. The van der Waals surface area contributed by atoms with Crippen LogP contribution in [-0.2, 0) is 4.79 Å². The van der Waals surface area contributed by atoms with Gasteiger partial charge in [-0.15, -0.1) is 0 Å². The van der Waals surface area contributed by atoms with Crippen LogP contribution < -0.4 is 10.6 Å². The number of carbonyl (C=O) groups is 2. The number of fused-ring (bicyclic) bond motifs is 1. The number of amides is 2. The Bertz CT molecular complexity index is 1270. The summed E-state index contributed by atoms with van der Waals surface area (Å²) < 4.78 is 2.11. The van der Waals surface area contributed by atoms with Crippen LogP contribution in [0.2, 0.25) is 0 Å². The number of hydrogen-bond donors (Lipinski definition) is 3. The molecule has 34 heavy (non-hydrogen) atoms. The second kappa shape index (κ2) is 9.63. The maximum atomic E-state index is 12.7. The summed E-state index contributed by atoms with van der Waals surface area (Å²) >= 11 is 0.0175. The molecule has 3 aromatic rings. The maximum absolute atomic E-state index is 12.7. The molecule has 0 spiro atoms. The van der Waals surface area contributed by atoms with E-state index in [4.69, 9.17) is 0 Å². The first-order valence-electron chi connectivity index (χ1n) is 11.6. The van der Waals surface area contributed by atoms with E-state index in [1.165, 1.54) is 12.8 Å². The first-order valence-corrected chi connectivity index (χ1v) is 13.3. The number of aromatic hydroxyl groups is 1. The zero-order chi connectivity index (χ0) is 23.7. The molecular weight excluding hydrogens is 493 g/mol. The molecule has 2 amide bonds. The van der Waals surface area contributed by atoms with Crippen molar-refractivity contribution in [1.82, 2.24) is 10.2 Å². The average Bonchev–Trinajstić information content (AvgIpc) is 3.54. The van der Waals surface area contributed by atoms with Gasteiger partial charge in [0.1, 0.15) is 0 Å². The van der Waals surface area contributed by atoms with Crippen molar-refractivity contribution in [2.45, 2.75) is 19.8 Å².